The van der Waals surface area contributed by atoms with E-state index in [1.165, 1.54) is 0 Å². The Morgan fingerprint density at radius 1 is 1.33 bits per heavy atom. The van der Waals surface area contributed by atoms with Gasteiger partial charge in [0.1, 0.15) is 5.82 Å². The van der Waals surface area contributed by atoms with E-state index in [9.17, 15) is 4.39 Å². The number of hydrogen-bond acceptors (Lipinski definition) is 2. The zero-order valence-corrected chi connectivity index (χ0v) is 11.0. The van der Waals surface area contributed by atoms with Gasteiger partial charge in [-0.3, -0.25) is 0 Å². The Hall–Kier alpha value is -0.930. The average molecular weight is 251 g/mol. The lowest BCUT2D eigenvalue weighted by atomic mass is 9.86. The second kappa shape index (κ2) is 6.86. The SMILES string of the molecule is CCCNC(c1ccccc1F)C1CCOCC1. The molecule has 1 atom stereocenters. The summed E-state index contributed by atoms with van der Waals surface area (Å²) < 4.78 is 19.3. The predicted molar refractivity (Wildman–Crippen MR) is 71.0 cm³/mol. The summed E-state index contributed by atoms with van der Waals surface area (Å²) in [6.07, 6.45) is 3.08. The molecule has 1 aromatic carbocycles. The molecule has 0 aromatic heterocycles. The fourth-order valence-electron chi connectivity index (χ4n) is 2.61. The van der Waals surface area contributed by atoms with Crippen LogP contribution in [0.3, 0.4) is 0 Å². The van der Waals surface area contributed by atoms with Gasteiger partial charge in [0.2, 0.25) is 0 Å². The summed E-state index contributed by atoms with van der Waals surface area (Å²) in [7, 11) is 0. The quantitative estimate of drug-likeness (QED) is 0.867. The van der Waals surface area contributed by atoms with Crippen LogP contribution in [-0.4, -0.2) is 19.8 Å². The Balaban J connectivity index is 2.15. The topological polar surface area (TPSA) is 21.3 Å². The molecule has 1 N–H and O–H groups in total. The Morgan fingerprint density at radius 3 is 2.72 bits per heavy atom. The van der Waals surface area contributed by atoms with Crippen LogP contribution in [0.15, 0.2) is 24.3 Å². The number of benzene rings is 1. The molecule has 0 radical (unpaired) electrons. The monoisotopic (exact) mass is 251 g/mol. The molecule has 0 aliphatic carbocycles. The minimum Gasteiger partial charge on any atom is -0.381 e. The maximum Gasteiger partial charge on any atom is 0.127 e. The summed E-state index contributed by atoms with van der Waals surface area (Å²) in [6, 6.07) is 7.24. The van der Waals surface area contributed by atoms with Crippen LogP contribution in [-0.2, 0) is 4.74 Å². The fraction of sp³-hybridized carbons (Fsp3) is 0.600. The Bertz CT molecular complexity index is 363. The van der Waals surface area contributed by atoms with Gasteiger partial charge < -0.3 is 10.1 Å². The van der Waals surface area contributed by atoms with Crippen molar-refractivity contribution in [2.75, 3.05) is 19.8 Å². The van der Waals surface area contributed by atoms with E-state index in [4.69, 9.17) is 4.74 Å². The molecule has 100 valence electrons. The van der Waals surface area contributed by atoms with E-state index >= 15 is 0 Å². The summed E-state index contributed by atoms with van der Waals surface area (Å²) in [5.74, 6) is 0.375. The van der Waals surface area contributed by atoms with E-state index in [0.29, 0.717) is 5.92 Å². The van der Waals surface area contributed by atoms with Gasteiger partial charge in [-0.25, -0.2) is 4.39 Å². The number of hydrogen-bond donors (Lipinski definition) is 1. The number of halogens is 1. The molecule has 2 rings (SSSR count). The normalized spacial score (nSPS) is 18.8. The second-order valence-electron chi connectivity index (χ2n) is 4.90. The van der Waals surface area contributed by atoms with Crippen molar-refractivity contribution >= 4 is 0 Å². The molecule has 0 bridgehead atoms. The highest BCUT2D eigenvalue weighted by Crippen LogP contribution is 2.31. The average Bonchev–Trinajstić information content (AvgIpc) is 2.42. The fourth-order valence-corrected chi connectivity index (χ4v) is 2.61. The Kier molecular flexibility index (Phi) is 5.14. The van der Waals surface area contributed by atoms with Crippen molar-refractivity contribution < 1.29 is 9.13 Å². The summed E-state index contributed by atoms with van der Waals surface area (Å²) in [5, 5.41) is 3.50. The lowest BCUT2D eigenvalue weighted by Crippen LogP contribution is -2.33. The van der Waals surface area contributed by atoms with Gasteiger partial charge in [-0.1, -0.05) is 25.1 Å². The molecule has 2 nitrogen and oxygen atoms in total. The van der Waals surface area contributed by atoms with Gasteiger partial charge in [-0.05, 0) is 37.8 Å². The van der Waals surface area contributed by atoms with Crippen LogP contribution in [0, 0.1) is 11.7 Å². The van der Waals surface area contributed by atoms with E-state index in [1.807, 2.05) is 12.1 Å². The first-order valence-electron chi connectivity index (χ1n) is 6.88. The maximum atomic E-state index is 14.0. The summed E-state index contributed by atoms with van der Waals surface area (Å²) in [4.78, 5) is 0. The van der Waals surface area contributed by atoms with E-state index in [1.54, 1.807) is 12.1 Å². The summed E-state index contributed by atoms with van der Waals surface area (Å²) >= 11 is 0. The van der Waals surface area contributed by atoms with Crippen molar-refractivity contribution in [1.82, 2.24) is 5.32 Å². The molecule has 1 heterocycles. The van der Waals surface area contributed by atoms with E-state index in [0.717, 1.165) is 44.6 Å². The van der Waals surface area contributed by atoms with Gasteiger partial charge in [0.15, 0.2) is 0 Å². The third-order valence-electron chi connectivity index (χ3n) is 3.59. The van der Waals surface area contributed by atoms with E-state index in [-0.39, 0.29) is 11.9 Å². The first-order valence-corrected chi connectivity index (χ1v) is 6.88. The van der Waals surface area contributed by atoms with Crippen molar-refractivity contribution in [3.05, 3.63) is 35.6 Å². The van der Waals surface area contributed by atoms with Crippen LogP contribution in [0.5, 0.6) is 0 Å². The molecule has 0 amide bonds. The van der Waals surface area contributed by atoms with E-state index < -0.39 is 0 Å². The summed E-state index contributed by atoms with van der Waals surface area (Å²) in [5.41, 5.74) is 0.804. The maximum absolute atomic E-state index is 14.0. The molecule has 0 spiro atoms. The van der Waals surface area contributed by atoms with Crippen LogP contribution in [0.1, 0.15) is 37.8 Å². The molecular formula is C15H22FNO. The van der Waals surface area contributed by atoms with Gasteiger partial charge >= 0.3 is 0 Å². The Morgan fingerprint density at radius 2 is 2.06 bits per heavy atom. The molecule has 18 heavy (non-hydrogen) atoms. The van der Waals surface area contributed by atoms with Crippen LogP contribution >= 0.6 is 0 Å². The predicted octanol–water partition coefficient (Wildman–Crippen LogP) is 3.29. The van der Waals surface area contributed by atoms with Gasteiger partial charge in [-0.15, -0.1) is 0 Å². The lowest BCUT2D eigenvalue weighted by Gasteiger charge is -2.31. The van der Waals surface area contributed by atoms with Crippen LogP contribution in [0.4, 0.5) is 4.39 Å². The largest absolute Gasteiger partial charge is 0.381 e. The minimum absolute atomic E-state index is 0.0994. The van der Waals surface area contributed by atoms with Crippen LogP contribution in [0.25, 0.3) is 0 Å². The number of nitrogens with one attached hydrogen (secondary N) is 1. The van der Waals surface area contributed by atoms with Gasteiger partial charge in [0.05, 0.1) is 0 Å². The van der Waals surface area contributed by atoms with Crippen molar-refractivity contribution in [3.63, 3.8) is 0 Å². The zero-order chi connectivity index (χ0) is 12.8. The summed E-state index contributed by atoms with van der Waals surface area (Å²) in [6.45, 7) is 4.65. The van der Waals surface area contributed by atoms with Gasteiger partial charge in [-0.2, -0.15) is 0 Å². The molecule has 3 heteroatoms. The van der Waals surface area contributed by atoms with Gasteiger partial charge in [0.25, 0.3) is 0 Å². The minimum atomic E-state index is -0.0994. The first-order chi connectivity index (χ1) is 8.83. The van der Waals surface area contributed by atoms with Crippen molar-refractivity contribution in [3.8, 4) is 0 Å². The van der Waals surface area contributed by atoms with Gasteiger partial charge in [0, 0.05) is 24.8 Å². The second-order valence-corrected chi connectivity index (χ2v) is 4.90. The smallest absolute Gasteiger partial charge is 0.127 e. The molecule has 1 fully saturated rings. The van der Waals surface area contributed by atoms with Crippen LogP contribution in [0.2, 0.25) is 0 Å². The Labute approximate surface area is 109 Å². The van der Waals surface area contributed by atoms with Crippen molar-refractivity contribution in [1.29, 1.82) is 0 Å². The third-order valence-corrected chi connectivity index (χ3v) is 3.59. The molecule has 0 saturated carbocycles. The molecule has 1 aliphatic rings. The first kappa shape index (κ1) is 13.5. The highest BCUT2D eigenvalue weighted by molar-refractivity contribution is 5.22. The molecule has 1 aromatic rings. The highest BCUT2D eigenvalue weighted by atomic mass is 19.1. The van der Waals surface area contributed by atoms with E-state index in [2.05, 4.69) is 12.2 Å². The molecule has 1 aliphatic heterocycles. The number of rotatable bonds is 5. The third kappa shape index (κ3) is 3.30. The molecule has 1 saturated heterocycles. The molecular weight excluding hydrogens is 229 g/mol. The highest BCUT2D eigenvalue weighted by Gasteiger charge is 2.26. The standard InChI is InChI=1S/C15H22FNO/c1-2-9-17-15(12-7-10-18-11-8-12)13-5-3-4-6-14(13)16/h3-6,12,15,17H,2,7-11H2,1H3. The lowest BCUT2D eigenvalue weighted by molar-refractivity contribution is 0.0531. The zero-order valence-electron chi connectivity index (χ0n) is 11.0. The number of ether oxygens (including phenoxy) is 1. The van der Waals surface area contributed by atoms with Crippen LogP contribution < -0.4 is 5.32 Å². The molecule has 1 unspecified atom stereocenters. The van der Waals surface area contributed by atoms with Crippen molar-refractivity contribution in [2.45, 2.75) is 32.2 Å². The van der Waals surface area contributed by atoms with Crippen molar-refractivity contribution in [2.24, 2.45) is 5.92 Å².